The van der Waals surface area contributed by atoms with Crippen LogP contribution in [0.2, 0.25) is 5.02 Å². The van der Waals surface area contributed by atoms with Crippen LogP contribution >= 0.6 is 23.4 Å². The monoisotopic (exact) mass is 404 g/mol. The number of H-pyrrole nitrogens is 1. The predicted octanol–water partition coefficient (Wildman–Crippen LogP) is 7.05. The fraction of sp³-hybridized carbons (Fsp3) is 0.0500. The van der Waals surface area contributed by atoms with E-state index in [9.17, 15) is 13.2 Å². The third-order valence-electron chi connectivity index (χ3n) is 4.08. The molecule has 2 nitrogen and oxygen atoms in total. The Morgan fingerprint density at radius 2 is 1.78 bits per heavy atom. The largest absolute Gasteiger partial charge is 0.416 e. The molecular weight excluding hydrogens is 393 g/mol. The number of nitrogens with one attached hydrogen (secondary N) is 1. The van der Waals surface area contributed by atoms with Crippen LogP contribution in [0.25, 0.3) is 22.2 Å². The second kappa shape index (κ2) is 6.94. The van der Waals surface area contributed by atoms with E-state index in [1.807, 2.05) is 18.3 Å². The summed E-state index contributed by atoms with van der Waals surface area (Å²) in [6.07, 6.45) is -0.986. The van der Waals surface area contributed by atoms with Gasteiger partial charge in [0.25, 0.3) is 0 Å². The Morgan fingerprint density at radius 3 is 2.52 bits per heavy atom. The first-order valence-electron chi connectivity index (χ1n) is 7.99. The molecule has 2 aromatic heterocycles. The molecule has 2 heterocycles. The highest BCUT2D eigenvalue weighted by atomic mass is 35.5. The molecule has 0 unspecified atom stereocenters. The van der Waals surface area contributed by atoms with E-state index < -0.39 is 11.7 Å². The minimum Gasteiger partial charge on any atom is -0.345 e. The van der Waals surface area contributed by atoms with E-state index in [4.69, 9.17) is 11.6 Å². The number of pyridine rings is 1. The summed E-state index contributed by atoms with van der Waals surface area (Å²) in [5.41, 5.74) is 1.15. The lowest BCUT2D eigenvalue weighted by molar-refractivity contribution is -0.137. The normalized spacial score (nSPS) is 11.9. The van der Waals surface area contributed by atoms with Crippen LogP contribution in [0.3, 0.4) is 0 Å². The second-order valence-electron chi connectivity index (χ2n) is 5.87. The molecule has 0 aliphatic rings. The highest BCUT2D eigenvalue weighted by Gasteiger charge is 2.30. The average molecular weight is 405 g/mol. The zero-order chi connectivity index (χ0) is 19.0. The van der Waals surface area contributed by atoms with Gasteiger partial charge < -0.3 is 4.98 Å². The number of nitrogens with zero attached hydrogens (tertiary/aromatic N) is 1. The van der Waals surface area contributed by atoms with Gasteiger partial charge in [-0.25, -0.2) is 4.98 Å². The summed E-state index contributed by atoms with van der Waals surface area (Å²) in [5.74, 6) is 0. The van der Waals surface area contributed by atoms with Crippen molar-refractivity contribution < 1.29 is 13.2 Å². The van der Waals surface area contributed by atoms with Crippen molar-refractivity contribution in [2.24, 2.45) is 0 Å². The fourth-order valence-electron chi connectivity index (χ4n) is 2.84. The van der Waals surface area contributed by atoms with Gasteiger partial charge in [0.1, 0.15) is 5.65 Å². The highest BCUT2D eigenvalue weighted by Crippen LogP contribution is 2.40. The number of halogens is 4. The molecule has 0 saturated carbocycles. The summed E-state index contributed by atoms with van der Waals surface area (Å²) in [6.45, 7) is 0. The molecule has 0 spiro atoms. The first-order chi connectivity index (χ1) is 12.9. The van der Waals surface area contributed by atoms with Crippen LogP contribution in [0.1, 0.15) is 5.56 Å². The molecule has 0 fully saturated rings. The molecule has 0 atom stereocenters. The van der Waals surface area contributed by atoms with Gasteiger partial charge in [-0.05, 0) is 53.6 Å². The van der Waals surface area contributed by atoms with Crippen LogP contribution in [-0.2, 0) is 6.18 Å². The zero-order valence-electron chi connectivity index (χ0n) is 13.7. The van der Waals surface area contributed by atoms with Gasteiger partial charge in [0, 0.05) is 32.6 Å². The number of fused-ring (bicyclic) bond motifs is 1. The highest BCUT2D eigenvalue weighted by molar-refractivity contribution is 7.99. The summed E-state index contributed by atoms with van der Waals surface area (Å²) in [7, 11) is 0. The van der Waals surface area contributed by atoms with Gasteiger partial charge >= 0.3 is 6.18 Å². The number of aromatic amines is 1. The number of hydrogen-bond acceptors (Lipinski definition) is 2. The van der Waals surface area contributed by atoms with Gasteiger partial charge in [-0.1, -0.05) is 35.5 Å². The van der Waals surface area contributed by atoms with Crippen LogP contribution in [0.5, 0.6) is 0 Å². The number of rotatable bonds is 3. The molecule has 27 heavy (non-hydrogen) atoms. The SMILES string of the molecule is FC(F)(F)c1cccc(-c2ccnc3[nH]cc(Sc4ccc(Cl)cc4)c23)c1. The number of aromatic nitrogens is 2. The van der Waals surface area contributed by atoms with Crippen molar-refractivity contribution in [3.05, 3.63) is 77.6 Å². The van der Waals surface area contributed by atoms with Gasteiger partial charge in [-0.3, -0.25) is 0 Å². The zero-order valence-corrected chi connectivity index (χ0v) is 15.3. The van der Waals surface area contributed by atoms with Crippen LogP contribution < -0.4 is 0 Å². The quantitative estimate of drug-likeness (QED) is 0.396. The summed E-state index contributed by atoms with van der Waals surface area (Å²) >= 11 is 7.43. The van der Waals surface area contributed by atoms with E-state index in [2.05, 4.69) is 9.97 Å². The molecule has 1 N–H and O–H groups in total. The summed E-state index contributed by atoms with van der Waals surface area (Å²) < 4.78 is 39.3. The topological polar surface area (TPSA) is 28.7 Å². The smallest absolute Gasteiger partial charge is 0.345 e. The molecule has 0 saturated heterocycles. The number of hydrogen-bond donors (Lipinski definition) is 1. The molecule has 136 valence electrons. The van der Waals surface area contributed by atoms with Gasteiger partial charge in [0.05, 0.1) is 5.56 Å². The minimum absolute atomic E-state index is 0.495. The third kappa shape index (κ3) is 3.68. The Hall–Kier alpha value is -2.44. The maximum atomic E-state index is 13.1. The number of alkyl halides is 3. The van der Waals surface area contributed by atoms with Gasteiger partial charge in [0.15, 0.2) is 0 Å². The van der Waals surface area contributed by atoms with Crippen molar-refractivity contribution in [2.45, 2.75) is 16.0 Å². The molecule has 0 radical (unpaired) electrons. The molecular formula is C20H12ClF3N2S. The summed E-state index contributed by atoms with van der Waals surface area (Å²) in [6, 6.07) is 14.4. The Balaban J connectivity index is 1.82. The lowest BCUT2D eigenvalue weighted by Crippen LogP contribution is -2.04. The van der Waals surface area contributed by atoms with Crippen molar-refractivity contribution in [1.29, 1.82) is 0 Å². The molecule has 0 amide bonds. The summed E-state index contributed by atoms with van der Waals surface area (Å²) in [5, 5.41) is 1.43. The maximum Gasteiger partial charge on any atom is 0.416 e. The van der Waals surface area contributed by atoms with E-state index in [1.165, 1.54) is 23.9 Å². The van der Waals surface area contributed by atoms with E-state index in [0.717, 1.165) is 21.2 Å². The third-order valence-corrected chi connectivity index (χ3v) is 5.38. The Kier molecular flexibility index (Phi) is 4.61. The average Bonchev–Trinajstić information content (AvgIpc) is 3.06. The molecule has 0 aliphatic carbocycles. The first-order valence-corrected chi connectivity index (χ1v) is 9.18. The predicted molar refractivity (Wildman–Crippen MR) is 102 cm³/mol. The van der Waals surface area contributed by atoms with Crippen molar-refractivity contribution >= 4 is 34.4 Å². The van der Waals surface area contributed by atoms with Crippen molar-refractivity contribution in [3.63, 3.8) is 0 Å². The van der Waals surface area contributed by atoms with Crippen LogP contribution in [0, 0.1) is 0 Å². The second-order valence-corrected chi connectivity index (χ2v) is 7.42. The van der Waals surface area contributed by atoms with Crippen molar-refractivity contribution in [1.82, 2.24) is 9.97 Å². The van der Waals surface area contributed by atoms with Crippen LogP contribution in [0.15, 0.2) is 76.8 Å². The lowest BCUT2D eigenvalue weighted by atomic mass is 10.0. The molecule has 2 aromatic carbocycles. The van der Waals surface area contributed by atoms with E-state index in [1.54, 1.807) is 30.5 Å². The van der Waals surface area contributed by atoms with Gasteiger partial charge in [0.2, 0.25) is 0 Å². The van der Waals surface area contributed by atoms with E-state index >= 15 is 0 Å². The molecule has 4 aromatic rings. The molecule has 0 bridgehead atoms. The van der Waals surface area contributed by atoms with Crippen molar-refractivity contribution in [3.8, 4) is 11.1 Å². The minimum atomic E-state index is -4.39. The van der Waals surface area contributed by atoms with E-state index in [0.29, 0.717) is 21.8 Å². The first kappa shape index (κ1) is 17.9. The molecule has 7 heteroatoms. The Labute approximate surface area is 162 Å². The molecule has 4 rings (SSSR count). The Morgan fingerprint density at radius 1 is 1.00 bits per heavy atom. The van der Waals surface area contributed by atoms with E-state index in [-0.39, 0.29) is 0 Å². The van der Waals surface area contributed by atoms with Crippen LogP contribution in [-0.4, -0.2) is 9.97 Å². The van der Waals surface area contributed by atoms with Crippen molar-refractivity contribution in [2.75, 3.05) is 0 Å². The lowest BCUT2D eigenvalue weighted by Gasteiger charge is -2.10. The fourth-order valence-corrected chi connectivity index (χ4v) is 3.92. The van der Waals surface area contributed by atoms with Crippen LogP contribution in [0.4, 0.5) is 13.2 Å². The molecule has 0 aliphatic heterocycles. The van der Waals surface area contributed by atoms with Gasteiger partial charge in [-0.2, -0.15) is 13.2 Å². The maximum absolute atomic E-state index is 13.1. The number of benzene rings is 2. The Bertz CT molecular complexity index is 1100. The summed E-state index contributed by atoms with van der Waals surface area (Å²) in [4.78, 5) is 9.25. The van der Waals surface area contributed by atoms with Gasteiger partial charge in [-0.15, -0.1) is 0 Å². The standard InChI is InChI=1S/C20H12ClF3N2S/c21-14-4-6-15(7-5-14)27-17-11-26-19-18(17)16(8-9-25-19)12-2-1-3-13(10-12)20(22,23)24/h1-11H,(H,25,26).